The van der Waals surface area contributed by atoms with Crippen molar-refractivity contribution in [3.63, 3.8) is 0 Å². The van der Waals surface area contributed by atoms with E-state index in [-0.39, 0.29) is 5.97 Å². The van der Waals surface area contributed by atoms with E-state index < -0.39 is 0 Å². The minimum absolute atomic E-state index is 0.343. The average molecular weight is 415 g/mol. The molecule has 0 aliphatic carbocycles. The quantitative estimate of drug-likeness (QED) is 0.263. The van der Waals surface area contributed by atoms with Crippen LogP contribution in [0.4, 0.5) is 0 Å². The van der Waals surface area contributed by atoms with Crippen LogP contribution < -0.4 is 9.47 Å². The van der Waals surface area contributed by atoms with E-state index in [4.69, 9.17) is 21.1 Å². The van der Waals surface area contributed by atoms with Gasteiger partial charge in [0.15, 0.2) is 0 Å². The summed E-state index contributed by atoms with van der Waals surface area (Å²) in [6.07, 6.45) is 3.37. The number of fused-ring (bicyclic) bond motifs is 1. The van der Waals surface area contributed by atoms with E-state index in [0.717, 1.165) is 46.6 Å². The number of benzene rings is 2. The number of ether oxygens (including phenoxy) is 2. The number of carbonyl (C=O) groups excluding carboxylic acids is 1. The lowest BCUT2D eigenvalue weighted by atomic mass is 10.1. The molecule has 0 aliphatic rings. The second-order valence-corrected chi connectivity index (χ2v) is 7.66. The molecule has 0 spiro atoms. The van der Waals surface area contributed by atoms with Crippen LogP contribution in [0.5, 0.6) is 11.5 Å². The second kappa shape index (κ2) is 9.31. The SMILES string of the molecule is CCCCCOc1ccc(Cn2c(C)nc3c(C)cc(OC(C)=O)cc32)c(Cl)c1. The molecule has 0 fully saturated rings. The fourth-order valence-corrected chi connectivity index (χ4v) is 3.59. The molecule has 0 unspecified atom stereocenters. The largest absolute Gasteiger partial charge is 0.494 e. The minimum Gasteiger partial charge on any atom is -0.494 e. The molecule has 0 radical (unpaired) electrons. The minimum atomic E-state index is -0.343. The van der Waals surface area contributed by atoms with Crippen LogP contribution in [-0.4, -0.2) is 22.1 Å². The standard InChI is InChI=1S/C23H27ClN2O3/c1-5-6-7-10-28-19-9-8-18(21(24)12-19)14-26-16(3)25-23-15(2)11-20(13-22(23)26)29-17(4)27/h8-9,11-13H,5-7,10,14H2,1-4H3. The van der Waals surface area contributed by atoms with Gasteiger partial charge in [-0.05, 0) is 49.6 Å². The number of nitrogens with zero attached hydrogens (tertiary/aromatic N) is 2. The summed E-state index contributed by atoms with van der Waals surface area (Å²) in [4.78, 5) is 16.0. The van der Waals surface area contributed by atoms with Gasteiger partial charge in [0.2, 0.25) is 0 Å². The number of esters is 1. The van der Waals surface area contributed by atoms with Gasteiger partial charge in [-0.25, -0.2) is 4.98 Å². The highest BCUT2D eigenvalue weighted by Gasteiger charge is 2.14. The maximum atomic E-state index is 11.4. The first-order valence-corrected chi connectivity index (χ1v) is 10.3. The number of imidazole rings is 1. The highest BCUT2D eigenvalue weighted by molar-refractivity contribution is 6.31. The molecule has 0 aliphatic heterocycles. The predicted octanol–water partition coefficient (Wildman–Crippen LogP) is 5.85. The lowest BCUT2D eigenvalue weighted by molar-refractivity contribution is -0.131. The first-order chi connectivity index (χ1) is 13.9. The Morgan fingerprint density at radius 3 is 2.62 bits per heavy atom. The summed E-state index contributed by atoms with van der Waals surface area (Å²) >= 11 is 6.54. The van der Waals surface area contributed by atoms with E-state index in [1.54, 1.807) is 0 Å². The van der Waals surface area contributed by atoms with E-state index in [1.165, 1.54) is 13.3 Å². The Kier molecular flexibility index (Phi) is 6.80. The van der Waals surface area contributed by atoms with Gasteiger partial charge in [0, 0.05) is 18.0 Å². The smallest absolute Gasteiger partial charge is 0.308 e. The zero-order chi connectivity index (χ0) is 21.0. The molecule has 3 rings (SSSR count). The van der Waals surface area contributed by atoms with E-state index in [9.17, 15) is 4.79 Å². The molecule has 6 heteroatoms. The van der Waals surface area contributed by atoms with Crippen LogP contribution in [0.15, 0.2) is 30.3 Å². The number of carbonyl (C=O) groups is 1. The Morgan fingerprint density at radius 1 is 1.14 bits per heavy atom. The molecule has 154 valence electrons. The second-order valence-electron chi connectivity index (χ2n) is 7.26. The van der Waals surface area contributed by atoms with Gasteiger partial charge < -0.3 is 14.0 Å². The third-order valence-electron chi connectivity index (χ3n) is 4.84. The van der Waals surface area contributed by atoms with Crippen LogP contribution in [0, 0.1) is 13.8 Å². The van der Waals surface area contributed by atoms with Crippen molar-refractivity contribution in [2.45, 2.75) is 53.5 Å². The summed E-state index contributed by atoms with van der Waals surface area (Å²) in [5.41, 5.74) is 3.74. The highest BCUT2D eigenvalue weighted by atomic mass is 35.5. The Labute approximate surface area is 176 Å². The molecule has 5 nitrogen and oxygen atoms in total. The van der Waals surface area contributed by atoms with Crippen molar-refractivity contribution in [1.82, 2.24) is 9.55 Å². The zero-order valence-corrected chi connectivity index (χ0v) is 18.2. The summed E-state index contributed by atoms with van der Waals surface area (Å²) in [6.45, 7) is 8.76. The molecule has 0 atom stereocenters. The van der Waals surface area contributed by atoms with Gasteiger partial charge in [0.1, 0.15) is 17.3 Å². The summed E-state index contributed by atoms with van der Waals surface area (Å²) in [5.74, 6) is 1.84. The Hall–Kier alpha value is -2.53. The van der Waals surface area contributed by atoms with E-state index in [0.29, 0.717) is 23.9 Å². The number of aromatic nitrogens is 2. The number of halogens is 1. The number of rotatable bonds is 8. The lowest BCUT2D eigenvalue weighted by Crippen LogP contribution is -2.05. The molecule has 0 N–H and O–H groups in total. The van der Waals surface area contributed by atoms with Gasteiger partial charge >= 0.3 is 5.97 Å². The lowest BCUT2D eigenvalue weighted by Gasteiger charge is -2.12. The maximum absolute atomic E-state index is 11.4. The molecular weight excluding hydrogens is 388 g/mol. The molecule has 2 aromatic carbocycles. The van der Waals surface area contributed by atoms with Crippen molar-refractivity contribution < 1.29 is 14.3 Å². The van der Waals surface area contributed by atoms with Crippen molar-refractivity contribution in [2.24, 2.45) is 0 Å². The maximum Gasteiger partial charge on any atom is 0.308 e. The van der Waals surface area contributed by atoms with Crippen molar-refractivity contribution in [2.75, 3.05) is 6.61 Å². The summed E-state index contributed by atoms with van der Waals surface area (Å²) < 4.78 is 13.2. The van der Waals surface area contributed by atoms with Crippen LogP contribution in [0.1, 0.15) is 50.1 Å². The third-order valence-corrected chi connectivity index (χ3v) is 5.19. The van der Waals surface area contributed by atoms with Crippen molar-refractivity contribution in [3.05, 3.63) is 52.3 Å². The molecule has 0 saturated carbocycles. The highest BCUT2D eigenvalue weighted by Crippen LogP contribution is 2.29. The van der Waals surface area contributed by atoms with E-state index in [2.05, 4.69) is 16.5 Å². The topological polar surface area (TPSA) is 53.4 Å². The van der Waals surface area contributed by atoms with Crippen molar-refractivity contribution >= 4 is 28.6 Å². The molecule has 0 saturated heterocycles. The van der Waals surface area contributed by atoms with Crippen LogP contribution >= 0.6 is 11.6 Å². The Bertz CT molecular complexity index is 1030. The third kappa shape index (κ3) is 5.10. The van der Waals surface area contributed by atoms with Gasteiger partial charge in [-0.15, -0.1) is 0 Å². The number of hydrogen-bond donors (Lipinski definition) is 0. The number of unbranched alkanes of at least 4 members (excludes halogenated alkanes) is 2. The molecule has 1 heterocycles. The molecule has 29 heavy (non-hydrogen) atoms. The summed E-state index contributed by atoms with van der Waals surface area (Å²) in [7, 11) is 0. The average Bonchev–Trinajstić information content (AvgIpc) is 2.97. The van der Waals surface area contributed by atoms with Crippen molar-refractivity contribution in [1.29, 1.82) is 0 Å². The van der Waals surface area contributed by atoms with Crippen LogP contribution in [0.3, 0.4) is 0 Å². The Balaban J connectivity index is 1.86. The van der Waals surface area contributed by atoms with Gasteiger partial charge in [0.05, 0.1) is 24.2 Å². The van der Waals surface area contributed by atoms with Crippen LogP contribution in [0.25, 0.3) is 11.0 Å². The van der Waals surface area contributed by atoms with Crippen molar-refractivity contribution in [3.8, 4) is 11.5 Å². The Morgan fingerprint density at radius 2 is 1.93 bits per heavy atom. The first-order valence-electron chi connectivity index (χ1n) is 9.96. The van der Waals surface area contributed by atoms with Gasteiger partial charge in [-0.1, -0.05) is 37.4 Å². The van der Waals surface area contributed by atoms with E-state index in [1.807, 2.05) is 44.2 Å². The van der Waals surface area contributed by atoms with Gasteiger partial charge in [-0.2, -0.15) is 0 Å². The van der Waals surface area contributed by atoms with Gasteiger partial charge in [-0.3, -0.25) is 4.79 Å². The summed E-state index contributed by atoms with van der Waals surface area (Å²) in [6, 6.07) is 9.50. The first kappa shape index (κ1) is 21.2. The molecular formula is C23H27ClN2O3. The van der Waals surface area contributed by atoms with E-state index >= 15 is 0 Å². The monoisotopic (exact) mass is 414 g/mol. The van der Waals surface area contributed by atoms with Gasteiger partial charge in [0.25, 0.3) is 0 Å². The van der Waals surface area contributed by atoms with Crippen LogP contribution in [0.2, 0.25) is 5.02 Å². The fraction of sp³-hybridized carbons (Fsp3) is 0.391. The molecule has 0 amide bonds. The normalized spacial score (nSPS) is 11.1. The number of aryl methyl sites for hydroxylation is 2. The zero-order valence-electron chi connectivity index (χ0n) is 17.4. The molecule has 0 bridgehead atoms. The molecule has 1 aromatic heterocycles. The predicted molar refractivity (Wildman–Crippen MR) is 116 cm³/mol. The van der Waals surface area contributed by atoms with Crippen LogP contribution in [-0.2, 0) is 11.3 Å². The summed E-state index contributed by atoms with van der Waals surface area (Å²) in [5, 5.41) is 0.659. The number of hydrogen-bond acceptors (Lipinski definition) is 4. The fourth-order valence-electron chi connectivity index (χ4n) is 3.36. The molecule has 3 aromatic rings.